The van der Waals surface area contributed by atoms with Crippen molar-refractivity contribution in [3.8, 4) is 45.9 Å². The number of hydrogen-bond donors (Lipinski definition) is 3. The van der Waals surface area contributed by atoms with E-state index in [1.165, 1.54) is 46.5 Å². The summed E-state index contributed by atoms with van der Waals surface area (Å²) < 4.78 is 26.7. The van der Waals surface area contributed by atoms with Gasteiger partial charge in [0.15, 0.2) is 23.6 Å². The number of fused-ring (bicyclic) bond motifs is 8. The number of benzene rings is 3. The second-order valence-corrected chi connectivity index (χ2v) is 11.6. The molecule has 0 fully saturated rings. The van der Waals surface area contributed by atoms with E-state index in [4.69, 9.17) is 34.6 Å². The van der Waals surface area contributed by atoms with E-state index >= 15 is 0 Å². The Hall–Kier alpha value is -6.81. The lowest BCUT2D eigenvalue weighted by Crippen LogP contribution is -2.13. The van der Waals surface area contributed by atoms with Crippen molar-refractivity contribution in [1.29, 1.82) is 0 Å². The quantitative estimate of drug-likeness (QED) is 0.164. The van der Waals surface area contributed by atoms with E-state index in [1.54, 1.807) is 41.0 Å². The van der Waals surface area contributed by atoms with Crippen molar-refractivity contribution in [1.82, 2.24) is 24.1 Å². The molecule has 5 N–H and O–H groups in total. The van der Waals surface area contributed by atoms with Gasteiger partial charge in [0.25, 0.3) is 5.91 Å². The average molecular weight is 722 g/mol. The number of primary amides is 1. The zero-order valence-electron chi connectivity index (χ0n) is 29.2. The number of hydrogen-bond acceptors (Lipinski definition) is 12. The Morgan fingerprint density at radius 3 is 2.02 bits per heavy atom. The molecule has 2 aliphatic rings. The number of imidazole rings is 2. The summed E-state index contributed by atoms with van der Waals surface area (Å²) in [7, 11) is 4.33. The summed E-state index contributed by atoms with van der Waals surface area (Å²) in [6.07, 6.45) is 2.04. The molecule has 0 radical (unpaired) electrons. The molecule has 3 aromatic carbocycles. The molecule has 16 heteroatoms. The fourth-order valence-corrected chi connectivity index (χ4v) is 6.40. The van der Waals surface area contributed by atoms with Gasteiger partial charge in [-0.05, 0) is 56.4 Å². The van der Waals surface area contributed by atoms with E-state index in [0.717, 1.165) is 0 Å². The smallest absolute Gasteiger partial charge is 0.336 e. The maximum absolute atomic E-state index is 13.0. The van der Waals surface area contributed by atoms with Crippen molar-refractivity contribution in [2.45, 2.75) is 20.0 Å². The number of carboxylic acids is 1. The van der Waals surface area contributed by atoms with E-state index in [2.05, 4.69) is 10.7 Å². The van der Waals surface area contributed by atoms with Crippen LogP contribution in [0.4, 0.5) is 0 Å². The van der Waals surface area contributed by atoms with Gasteiger partial charge in [-0.25, -0.2) is 19.7 Å². The Kier molecular flexibility index (Phi) is 10.1. The molecule has 16 nitrogen and oxygen atoms in total. The number of methoxy groups -OCH3 is 2. The molecular formula is C37H35N7O9. The molecule has 0 spiro atoms. The number of nitrogens with two attached hydrogens (primary N) is 2. The van der Waals surface area contributed by atoms with Crippen molar-refractivity contribution >= 4 is 46.0 Å². The van der Waals surface area contributed by atoms with E-state index < -0.39 is 11.9 Å². The SMILES string of the molecule is CN.COc1c(C=O)ccc2c1nc1n2CCn2c(nc3c(OC)c(C(N)=O)ccc32)-c2cnc(cc2C(=O)O)OCCOc2ccc(C(C)=O)c-1c2. The summed E-state index contributed by atoms with van der Waals surface area (Å²) in [4.78, 5) is 64.1. The largest absolute Gasteiger partial charge is 0.494 e. The van der Waals surface area contributed by atoms with Crippen molar-refractivity contribution in [2.24, 2.45) is 11.5 Å². The first-order valence-electron chi connectivity index (χ1n) is 16.3. The lowest BCUT2D eigenvalue weighted by Gasteiger charge is -2.16. The fraction of sp³-hybridized carbons (Fsp3) is 0.216. The maximum Gasteiger partial charge on any atom is 0.336 e. The molecule has 0 saturated carbocycles. The van der Waals surface area contributed by atoms with Crippen LogP contribution in [0.25, 0.3) is 44.8 Å². The van der Waals surface area contributed by atoms with Gasteiger partial charge in [0.1, 0.15) is 41.6 Å². The summed E-state index contributed by atoms with van der Waals surface area (Å²) >= 11 is 0. The number of ether oxygens (including phenoxy) is 4. The van der Waals surface area contributed by atoms with E-state index in [1.807, 2.05) is 4.57 Å². The van der Waals surface area contributed by atoms with Gasteiger partial charge >= 0.3 is 5.97 Å². The summed E-state index contributed by atoms with van der Waals surface area (Å²) in [5.41, 5.74) is 13.2. The molecule has 0 unspecified atom stereocenters. The summed E-state index contributed by atoms with van der Waals surface area (Å²) in [6, 6.07) is 12.9. The molecule has 272 valence electrons. The van der Waals surface area contributed by atoms with Crippen LogP contribution < -0.4 is 30.4 Å². The lowest BCUT2D eigenvalue weighted by molar-refractivity contribution is 0.0696. The van der Waals surface area contributed by atoms with Crippen LogP contribution in [0.1, 0.15) is 48.4 Å². The number of Topliss-reactive ketones (excluding diaryl/α,β-unsaturated/α-hetero) is 1. The number of rotatable bonds is 6. The first-order chi connectivity index (χ1) is 25.6. The molecular weight excluding hydrogens is 686 g/mol. The number of carboxylic acid groups (broad SMARTS) is 1. The van der Waals surface area contributed by atoms with Gasteiger partial charge in [0.05, 0.1) is 47.5 Å². The number of aromatic carboxylic acids is 1. The predicted molar refractivity (Wildman–Crippen MR) is 193 cm³/mol. The zero-order valence-corrected chi connectivity index (χ0v) is 29.2. The topological polar surface area (TPSA) is 226 Å². The summed E-state index contributed by atoms with van der Waals surface area (Å²) in [5.74, 6) is -0.719. The standard InChI is InChI=1S/C36H30N6O9.CH5N/c1-18(44)21-6-5-20-14-23(21)34-39-29-26(8-4-19(17-43)31(29)48-2)41(34)10-11-42-27-9-7-22(33(37)45)32(49-3)30(27)40-35(42)25-16-38-28(51-13-12-50-20)15-24(25)36(46)47;1-2/h4-9,14-17H,10-13H2,1-3H3,(H2,37,45)(H,46,47);2H2,1H3. The van der Waals surface area contributed by atoms with Gasteiger partial charge in [-0.3, -0.25) is 14.4 Å². The Bertz CT molecular complexity index is 2430. The molecule has 0 atom stereocenters. The third kappa shape index (κ3) is 6.35. The molecule has 6 aromatic rings. The maximum atomic E-state index is 13.0. The number of aldehydes is 1. The fourth-order valence-electron chi connectivity index (χ4n) is 6.40. The Balaban J connectivity index is 0.00000236. The molecule has 2 aliphatic heterocycles. The van der Waals surface area contributed by atoms with E-state index in [-0.39, 0.29) is 83.1 Å². The van der Waals surface area contributed by atoms with Crippen LogP contribution in [0.15, 0.2) is 54.7 Å². The highest BCUT2D eigenvalue weighted by Gasteiger charge is 2.27. The minimum absolute atomic E-state index is 0.0188. The highest BCUT2D eigenvalue weighted by atomic mass is 16.5. The number of aromatic nitrogens is 5. The summed E-state index contributed by atoms with van der Waals surface area (Å²) in [5, 5.41) is 10.3. The van der Waals surface area contributed by atoms with Crippen LogP contribution >= 0.6 is 0 Å². The van der Waals surface area contributed by atoms with E-state index in [9.17, 15) is 24.3 Å². The van der Waals surface area contributed by atoms with Gasteiger partial charge in [-0.15, -0.1) is 0 Å². The van der Waals surface area contributed by atoms with Crippen LogP contribution in [0.3, 0.4) is 0 Å². The highest BCUT2D eigenvalue weighted by Crippen LogP contribution is 2.38. The van der Waals surface area contributed by atoms with E-state index in [0.29, 0.717) is 45.5 Å². The second-order valence-electron chi connectivity index (χ2n) is 11.6. The highest BCUT2D eigenvalue weighted by molar-refractivity contribution is 6.04. The van der Waals surface area contributed by atoms with Crippen LogP contribution in [-0.2, 0) is 13.1 Å². The second kappa shape index (κ2) is 14.8. The van der Waals surface area contributed by atoms with Crippen LogP contribution in [0.2, 0.25) is 0 Å². The molecule has 0 aliphatic carbocycles. The van der Waals surface area contributed by atoms with Crippen molar-refractivity contribution < 1.29 is 43.2 Å². The van der Waals surface area contributed by atoms with Crippen LogP contribution in [0.5, 0.6) is 23.1 Å². The molecule has 8 rings (SSSR count). The average Bonchev–Trinajstić information content (AvgIpc) is 3.73. The molecule has 1 amide bonds. The number of carbonyl (C=O) groups excluding carboxylic acids is 3. The van der Waals surface area contributed by atoms with Gasteiger partial charge in [-0.1, -0.05) is 0 Å². The van der Waals surface area contributed by atoms with Crippen LogP contribution in [0, 0.1) is 0 Å². The van der Waals surface area contributed by atoms with Gasteiger partial charge in [0, 0.05) is 36.5 Å². The van der Waals surface area contributed by atoms with Crippen LogP contribution in [-0.4, -0.2) is 87.6 Å². The van der Waals surface area contributed by atoms with Crippen molar-refractivity contribution in [3.63, 3.8) is 0 Å². The third-order valence-electron chi connectivity index (χ3n) is 8.69. The molecule has 4 bridgehead atoms. The normalized spacial score (nSPS) is 12.3. The van der Waals surface area contributed by atoms with Crippen molar-refractivity contribution in [3.05, 3.63) is 77.0 Å². The number of pyridine rings is 1. The first-order valence-corrected chi connectivity index (χ1v) is 16.3. The summed E-state index contributed by atoms with van der Waals surface area (Å²) in [6.45, 7) is 1.88. The molecule has 3 aromatic heterocycles. The van der Waals surface area contributed by atoms with Gasteiger partial charge < -0.3 is 44.7 Å². The number of amides is 1. The monoisotopic (exact) mass is 721 g/mol. The van der Waals surface area contributed by atoms with Crippen molar-refractivity contribution in [2.75, 3.05) is 34.5 Å². The Labute approximate surface area is 301 Å². The lowest BCUT2D eigenvalue weighted by atomic mass is 10.0. The zero-order chi connectivity index (χ0) is 38.0. The molecule has 53 heavy (non-hydrogen) atoms. The predicted octanol–water partition coefficient (Wildman–Crippen LogP) is 3.99. The number of carbonyl (C=O) groups is 4. The first kappa shape index (κ1) is 36.0. The molecule has 0 saturated heterocycles. The third-order valence-corrected chi connectivity index (χ3v) is 8.69. The number of nitrogens with zero attached hydrogens (tertiary/aromatic N) is 5. The Morgan fingerprint density at radius 1 is 0.811 bits per heavy atom. The van der Waals surface area contributed by atoms with Gasteiger partial charge in [-0.2, -0.15) is 0 Å². The number of ketones is 1. The minimum atomic E-state index is -1.25. The minimum Gasteiger partial charge on any atom is -0.494 e. The Morgan fingerprint density at radius 2 is 1.42 bits per heavy atom. The van der Waals surface area contributed by atoms with Gasteiger partial charge in [0.2, 0.25) is 5.88 Å². The molecule has 5 heterocycles. The number of aryl methyl sites for hydroxylation is 2.